The monoisotopic (exact) mass is 399 g/mol. The lowest BCUT2D eigenvalue weighted by molar-refractivity contribution is -0.131. The van der Waals surface area contributed by atoms with Gasteiger partial charge in [0.25, 0.3) is 0 Å². The first-order valence-corrected chi connectivity index (χ1v) is 8.82. The number of aromatic carboxylic acids is 1. The van der Waals surface area contributed by atoms with Gasteiger partial charge in [0.2, 0.25) is 5.91 Å². The van der Waals surface area contributed by atoms with Gasteiger partial charge in [-0.2, -0.15) is 0 Å². The highest BCUT2D eigenvalue weighted by atomic mass is 35.5. The Hall–Kier alpha value is -2.19. The number of hydrogen-bond donors (Lipinski definition) is 4. The van der Waals surface area contributed by atoms with E-state index in [4.69, 9.17) is 9.47 Å². The van der Waals surface area contributed by atoms with Crippen LogP contribution in [-0.2, 0) is 4.79 Å². The van der Waals surface area contributed by atoms with E-state index < -0.39 is 11.5 Å². The van der Waals surface area contributed by atoms with E-state index in [9.17, 15) is 14.7 Å². The maximum atomic E-state index is 12.2. The van der Waals surface area contributed by atoms with Crippen molar-refractivity contribution in [3.63, 3.8) is 0 Å². The minimum atomic E-state index is -1.03. The fraction of sp³-hybridized carbons (Fsp3) is 0.556. The van der Waals surface area contributed by atoms with E-state index in [1.165, 1.54) is 13.2 Å². The van der Waals surface area contributed by atoms with Crippen molar-refractivity contribution in [2.24, 2.45) is 0 Å². The van der Waals surface area contributed by atoms with E-state index in [2.05, 4.69) is 16.0 Å². The molecule has 27 heavy (non-hydrogen) atoms. The van der Waals surface area contributed by atoms with Gasteiger partial charge in [0.1, 0.15) is 0 Å². The molecule has 0 bridgehead atoms. The number of carboxylic acids is 1. The summed E-state index contributed by atoms with van der Waals surface area (Å²) in [5, 5.41) is 18.5. The predicted octanol–water partition coefficient (Wildman–Crippen LogP) is 1.64. The number of methoxy groups -OCH3 is 1. The second-order valence-electron chi connectivity index (χ2n) is 6.69. The number of nitrogens with one attached hydrogen (secondary N) is 3. The molecule has 2 aliphatic rings. The van der Waals surface area contributed by atoms with Crippen LogP contribution in [0.25, 0.3) is 0 Å². The van der Waals surface area contributed by atoms with Gasteiger partial charge >= 0.3 is 5.97 Å². The lowest BCUT2D eigenvalue weighted by Gasteiger charge is -2.42. The summed E-state index contributed by atoms with van der Waals surface area (Å²) in [6.45, 7) is 1.44. The molecule has 0 radical (unpaired) electrons. The summed E-state index contributed by atoms with van der Waals surface area (Å²) in [5.74, 6) is -0.0853. The Bertz CT molecular complexity index is 704. The minimum absolute atomic E-state index is 0. The number of ether oxygens (including phenoxy) is 2. The molecule has 150 valence electrons. The van der Waals surface area contributed by atoms with Crippen LogP contribution in [-0.4, -0.2) is 55.9 Å². The van der Waals surface area contributed by atoms with Crippen LogP contribution in [0.2, 0.25) is 0 Å². The summed E-state index contributed by atoms with van der Waals surface area (Å²) in [7, 11) is 3.18. The van der Waals surface area contributed by atoms with Crippen LogP contribution in [0, 0.1) is 0 Å². The van der Waals surface area contributed by atoms with Gasteiger partial charge in [0.15, 0.2) is 11.5 Å². The second kappa shape index (κ2) is 8.67. The Kier molecular flexibility index (Phi) is 6.78. The van der Waals surface area contributed by atoms with Crippen LogP contribution < -0.4 is 25.4 Å². The smallest absolute Gasteiger partial charge is 0.337 e. The molecule has 0 aromatic heterocycles. The molecule has 0 unspecified atom stereocenters. The number of carboxylic acid groups (broad SMARTS) is 1. The Morgan fingerprint density at radius 1 is 1.26 bits per heavy atom. The summed E-state index contributed by atoms with van der Waals surface area (Å²) in [6.07, 6.45) is 2.70. The molecule has 1 amide bonds. The van der Waals surface area contributed by atoms with Gasteiger partial charge < -0.3 is 30.5 Å². The van der Waals surface area contributed by atoms with Crippen LogP contribution in [0.15, 0.2) is 12.1 Å². The van der Waals surface area contributed by atoms with Gasteiger partial charge in [-0.3, -0.25) is 4.79 Å². The molecule has 2 fully saturated rings. The first-order valence-electron chi connectivity index (χ1n) is 8.82. The average molecular weight is 400 g/mol. The van der Waals surface area contributed by atoms with E-state index in [0.29, 0.717) is 49.4 Å². The molecule has 1 heterocycles. The molecule has 1 aliphatic heterocycles. The zero-order valence-corrected chi connectivity index (χ0v) is 16.3. The second-order valence-corrected chi connectivity index (χ2v) is 6.69. The molecular weight excluding hydrogens is 374 g/mol. The Morgan fingerprint density at radius 2 is 1.96 bits per heavy atom. The number of anilines is 1. The van der Waals surface area contributed by atoms with E-state index >= 15 is 0 Å². The Morgan fingerprint density at radius 3 is 2.52 bits per heavy atom. The van der Waals surface area contributed by atoms with Crippen molar-refractivity contribution in [3.05, 3.63) is 17.7 Å². The first kappa shape index (κ1) is 21.1. The third kappa shape index (κ3) is 4.22. The maximum absolute atomic E-state index is 12.2. The van der Waals surface area contributed by atoms with Gasteiger partial charge in [-0.15, -0.1) is 12.4 Å². The van der Waals surface area contributed by atoms with Gasteiger partial charge in [-0.05, 0) is 25.7 Å². The molecule has 1 saturated carbocycles. The fourth-order valence-corrected chi connectivity index (χ4v) is 3.71. The third-order valence-corrected chi connectivity index (χ3v) is 5.19. The average Bonchev–Trinajstić information content (AvgIpc) is 2.65. The highest BCUT2D eigenvalue weighted by Crippen LogP contribution is 2.37. The van der Waals surface area contributed by atoms with Gasteiger partial charge in [-0.25, -0.2) is 4.79 Å². The zero-order chi connectivity index (χ0) is 18.7. The maximum Gasteiger partial charge on any atom is 0.337 e. The fourth-order valence-electron chi connectivity index (χ4n) is 3.71. The van der Waals surface area contributed by atoms with Crippen molar-refractivity contribution in [2.75, 3.05) is 32.6 Å². The van der Waals surface area contributed by atoms with Crippen molar-refractivity contribution in [1.29, 1.82) is 0 Å². The number of halogens is 1. The number of carbonyl (C=O) groups is 2. The molecular formula is C18H26ClN3O5. The summed E-state index contributed by atoms with van der Waals surface area (Å²) in [4.78, 5) is 23.7. The molecule has 9 heteroatoms. The molecule has 1 aromatic rings. The molecule has 1 aromatic carbocycles. The highest BCUT2D eigenvalue weighted by Gasteiger charge is 2.43. The molecule has 8 nitrogen and oxygen atoms in total. The highest BCUT2D eigenvalue weighted by molar-refractivity contribution is 5.95. The number of rotatable bonds is 5. The van der Waals surface area contributed by atoms with Gasteiger partial charge in [0, 0.05) is 32.3 Å². The largest absolute Gasteiger partial charge is 0.493 e. The Balaban J connectivity index is 0.00000261. The number of piperazine rings is 1. The van der Waals surface area contributed by atoms with E-state index in [0.717, 1.165) is 6.54 Å². The quantitative estimate of drug-likeness (QED) is 0.595. The van der Waals surface area contributed by atoms with Crippen molar-refractivity contribution >= 4 is 30.0 Å². The molecule has 4 N–H and O–H groups in total. The van der Waals surface area contributed by atoms with Crippen LogP contribution in [0.5, 0.6) is 11.5 Å². The molecule has 0 atom stereocenters. The molecule has 1 aliphatic carbocycles. The number of benzene rings is 1. The normalized spacial score (nSPS) is 24.5. The molecule has 1 spiro atoms. The Labute approximate surface area is 164 Å². The molecule has 3 rings (SSSR count). The number of carbonyl (C=O) groups excluding carboxylic acids is 1. The van der Waals surface area contributed by atoms with Gasteiger partial charge in [0.05, 0.1) is 30.0 Å². The predicted molar refractivity (Wildman–Crippen MR) is 103 cm³/mol. The summed E-state index contributed by atoms with van der Waals surface area (Å²) in [6, 6.07) is 3.11. The van der Waals surface area contributed by atoms with Crippen LogP contribution in [0.4, 0.5) is 5.69 Å². The lowest BCUT2D eigenvalue weighted by Crippen LogP contribution is -2.64. The van der Waals surface area contributed by atoms with Crippen LogP contribution >= 0.6 is 12.4 Å². The van der Waals surface area contributed by atoms with Crippen LogP contribution in [0.1, 0.15) is 36.0 Å². The third-order valence-electron chi connectivity index (χ3n) is 5.19. The van der Waals surface area contributed by atoms with Crippen molar-refractivity contribution in [3.8, 4) is 11.5 Å². The van der Waals surface area contributed by atoms with Crippen molar-refractivity contribution in [2.45, 2.75) is 37.3 Å². The summed E-state index contributed by atoms with van der Waals surface area (Å²) in [5.41, 5.74) is 0.0982. The van der Waals surface area contributed by atoms with Crippen molar-refractivity contribution in [1.82, 2.24) is 10.6 Å². The number of hydrogen-bond acceptors (Lipinski definition) is 6. The topological polar surface area (TPSA) is 109 Å². The number of amides is 1. The zero-order valence-electron chi connectivity index (χ0n) is 15.5. The van der Waals surface area contributed by atoms with E-state index in [1.807, 2.05) is 0 Å². The van der Waals surface area contributed by atoms with Gasteiger partial charge in [-0.1, -0.05) is 0 Å². The van der Waals surface area contributed by atoms with E-state index in [1.54, 1.807) is 13.1 Å². The SMILES string of the molecule is CNc1cc(OC)c(OC2CCC3(CC2)NCCNC3=O)cc1C(=O)O.Cl. The lowest BCUT2D eigenvalue weighted by atomic mass is 9.78. The summed E-state index contributed by atoms with van der Waals surface area (Å²) < 4.78 is 11.4. The molecule has 1 saturated heterocycles. The minimum Gasteiger partial charge on any atom is -0.493 e. The van der Waals surface area contributed by atoms with E-state index in [-0.39, 0.29) is 30.0 Å². The summed E-state index contributed by atoms with van der Waals surface area (Å²) >= 11 is 0. The van der Waals surface area contributed by atoms with Crippen molar-refractivity contribution < 1.29 is 24.2 Å². The van der Waals surface area contributed by atoms with Crippen LogP contribution in [0.3, 0.4) is 0 Å². The first-order chi connectivity index (χ1) is 12.5. The standard InChI is InChI=1S/C18H25N3O5.ClH/c1-19-13-10-14(25-2)15(9-12(13)16(22)23)26-11-3-5-18(6-4-11)17(24)20-7-8-21-18;/h9-11,19,21H,3-8H2,1-2H3,(H,20,24)(H,22,23);1H.